The molecule has 0 N–H and O–H groups in total. The van der Waals surface area contributed by atoms with Crippen molar-refractivity contribution in [1.29, 1.82) is 0 Å². The summed E-state index contributed by atoms with van der Waals surface area (Å²) in [5.74, 6) is 3.37. The summed E-state index contributed by atoms with van der Waals surface area (Å²) in [5, 5.41) is 0. The summed E-state index contributed by atoms with van der Waals surface area (Å²) in [6, 6.07) is 20.0. The van der Waals surface area contributed by atoms with Gasteiger partial charge in [-0.15, -0.1) is 6.42 Å². The Labute approximate surface area is 280 Å². The molecule has 1 aliphatic rings. The number of halogens is 2. The SMILES string of the molecule is C#CCOc1c(I)cc(/C=c2\sc3n(c2=O)[C@H](c2ccc(OCC)cc2)C(C(=O)OCC)=C(c2ccccc2)N=3)cc1I. The van der Waals surface area contributed by atoms with Crippen molar-refractivity contribution in [3.05, 3.63) is 116 Å². The van der Waals surface area contributed by atoms with Crippen LogP contribution in [0.25, 0.3) is 11.8 Å². The van der Waals surface area contributed by atoms with Crippen molar-refractivity contribution in [2.75, 3.05) is 19.8 Å². The fraction of sp³-hybridized carbons (Fsp3) is 0.182. The Morgan fingerprint density at radius 3 is 2.37 bits per heavy atom. The molecule has 43 heavy (non-hydrogen) atoms. The van der Waals surface area contributed by atoms with Crippen molar-refractivity contribution in [1.82, 2.24) is 4.57 Å². The van der Waals surface area contributed by atoms with E-state index in [1.54, 1.807) is 11.5 Å². The highest BCUT2D eigenvalue weighted by Crippen LogP contribution is 2.36. The molecule has 0 bridgehead atoms. The first-order chi connectivity index (χ1) is 20.9. The number of carbonyl (C=O) groups excluding carboxylic acids is 1. The number of hydrogen-bond acceptors (Lipinski definition) is 7. The predicted molar refractivity (Wildman–Crippen MR) is 185 cm³/mol. The molecule has 10 heteroatoms. The fourth-order valence-electron chi connectivity index (χ4n) is 4.73. The topological polar surface area (TPSA) is 79.1 Å². The van der Waals surface area contributed by atoms with E-state index < -0.39 is 12.0 Å². The lowest BCUT2D eigenvalue weighted by molar-refractivity contribution is -0.138. The number of carbonyl (C=O) groups is 1. The zero-order chi connectivity index (χ0) is 30.5. The number of rotatable bonds is 9. The van der Waals surface area contributed by atoms with Crippen LogP contribution in [-0.2, 0) is 9.53 Å². The first kappa shape index (κ1) is 31.0. The summed E-state index contributed by atoms with van der Waals surface area (Å²) >= 11 is 5.68. The van der Waals surface area contributed by atoms with Gasteiger partial charge in [0.15, 0.2) is 4.80 Å². The maximum absolute atomic E-state index is 14.2. The maximum atomic E-state index is 14.2. The van der Waals surface area contributed by atoms with E-state index in [1.807, 2.05) is 79.7 Å². The van der Waals surface area contributed by atoms with Gasteiger partial charge in [-0.05, 0) is 100 Å². The van der Waals surface area contributed by atoms with Gasteiger partial charge in [-0.25, -0.2) is 9.79 Å². The van der Waals surface area contributed by atoms with Gasteiger partial charge in [-0.2, -0.15) is 0 Å². The van der Waals surface area contributed by atoms with Crippen molar-refractivity contribution in [2.24, 2.45) is 4.99 Å². The zero-order valence-corrected chi connectivity index (χ0v) is 28.4. The molecule has 2 heterocycles. The van der Waals surface area contributed by atoms with Crippen molar-refractivity contribution in [3.63, 3.8) is 0 Å². The van der Waals surface area contributed by atoms with Crippen LogP contribution < -0.4 is 24.4 Å². The van der Waals surface area contributed by atoms with Crippen LogP contribution in [0.3, 0.4) is 0 Å². The van der Waals surface area contributed by atoms with Gasteiger partial charge in [-0.1, -0.05) is 59.7 Å². The van der Waals surface area contributed by atoms with Gasteiger partial charge < -0.3 is 14.2 Å². The number of ether oxygens (including phenoxy) is 3. The average Bonchev–Trinajstić information content (AvgIpc) is 3.31. The van der Waals surface area contributed by atoms with Gasteiger partial charge in [0.2, 0.25) is 0 Å². The number of nitrogens with zero attached hydrogens (tertiary/aromatic N) is 2. The lowest BCUT2D eigenvalue weighted by Gasteiger charge is -2.26. The first-order valence-corrected chi connectivity index (χ1v) is 16.4. The van der Waals surface area contributed by atoms with E-state index >= 15 is 0 Å². The Kier molecular flexibility index (Phi) is 10.0. The monoisotopic (exact) mass is 816 g/mol. The van der Waals surface area contributed by atoms with Gasteiger partial charge in [0.25, 0.3) is 5.56 Å². The van der Waals surface area contributed by atoms with E-state index in [9.17, 15) is 9.59 Å². The highest BCUT2D eigenvalue weighted by atomic mass is 127. The van der Waals surface area contributed by atoms with Crippen LogP contribution >= 0.6 is 56.5 Å². The highest BCUT2D eigenvalue weighted by Gasteiger charge is 2.35. The summed E-state index contributed by atoms with van der Waals surface area (Å²) in [5.41, 5.74) is 2.85. The van der Waals surface area contributed by atoms with Crippen LogP contribution in [0.15, 0.2) is 82.1 Å². The number of fused-ring (bicyclic) bond motifs is 1. The molecule has 0 saturated heterocycles. The summed E-state index contributed by atoms with van der Waals surface area (Å²) in [6.07, 6.45) is 7.21. The lowest BCUT2D eigenvalue weighted by atomic mass is 9.93. The third-order valence-corrected chi connectivity index (χ3v) is 9.08. The maximum Gasteiger partial charge on any atom is 0.338 e. The molecule has 1 aliphatic heterocycles. The van der Waals surface area contributed by atoms with Crippen LogP contribution in [0.1, 0.15) is 36.6 Å². The summed E-state index contributed by atoms with van der Waals surface area (Å²) in [4.78, 5) is 33.2. The Morgan fingerprint density at radius 2 is 1.74 bits per heavy atom. The molecule has 0 unspecified atom stereocenters. The second-order valence-electron chi connectivity index (χ2n) is 9.24. The van der Waals surface area contributed by atoms with E-state index in [2.05, 4.69) is 51.1 Å². The standard InChI is InChI=1S/C33H26I2N2O5S/c1-4-16-42-30-24(34)17-20(18-25(30)35)19-26-31(38)37-29(22-12-14-23(15-13-22)40-5-2)27(32(39)41-6-3)28(36-33(37)43-26)21-10-8-7-9-11-21/h1,7-15,17-19,29H,5-6,16H2,2-3H3/b26-19-/t29-/m1/s1. The summed E-state index contributed by atoms with van der Waals surface area (Å²) in [6.45, 7) is 4.55. The van der Waals surface area contributed by atoms with Crippen LogP contribution in [0.2, 0.25) is 0 Å². The fourth-order valence-corrected chi connectivity index (χ4v) is 7.86. The van der Waals surface area contributed by atoms with Crippen molar-refractivity contribution in [3.8, 4) is 23.8 Å². The first-order valence-electron chi connectivity index (χ1n) is 13.4. The number of thiazole rings is 1. The predicted octanol–water partition coefficient (Wildman–Crippen LogP) is 5.56. The normalized spacial score (nSPS) is 14.5. The molecule has 0 amide bonds. The lowest BCUT2D eigenvalue weighted by Crippen LogP contribution is -2.40. The van der Waals surface area contributed by atoms with Crippen LogP contribution in [0.5, 0.6) is 11.5 Å². The van der Waals surface area contributed by atoms with Crippen molar-refractivity contribution in [2.45, 2.75) is 19.9 Å². The van der Waals surface area contributed by atoms with E-state index in [4.69, 9.17) is 25.6 Å². The molecule has 0 fully saturated rings. The molecule has 218 valence electrons. The van der Waals surface area contributed by atoms with Crippen molar-refractivity contribution < 1.29 is 19.0 Å². The Hall–Kier alpha value is -3.41. The Balaban J connectivity index is 1.75. The van der Waals surface area contributed by atoms with Gasteiger partial charge in [0, 0.05) is 5.56 Å². The summed E-state index contributed by atoms with van der Waals surface area (Å²) < 4.78 is 20.7. The number of aromatic nitrogens is 1. The molecule has 1 atom stereocenters. The van der Waals surface area contributed by atoms with Crippen molar-refractivity contribution >= 4 is 74.3 Å². The molecule has 3 aromatic carbocycles. The highest BCUT2D eigenvalue weighted by molar-refractivity contribution is 14.1. The number of esters is 1. The molecule has 7 nitrogen and oxygen atoms in total. The van der Waals surface area contributed by atoms with Crippen LogP contribution in [0, 0.1) is 19.5 Å². The van der Waals surface area contributed by atoms with Gasteiger partial charge in [-0.3, -0.25) is 9.36 Å². The molecule has 0 radical (unpaired) electrons. The molecule has 4 aromatic rings. The van der Waals surface area contributed by atoms with Crippen LogP contribution in [-0.4, -0.2) is 30.4 Å². The molecule has 1 aromatic heterocycles. The minimum atomic E-state index is -0.761. The molecule has 0 saturated carbocycles. The molecule has 0 spiro atoms. The molecule has 0 aliphatic carbocycles. The number of terminal acetylenes is 1. The van der Waals surface area contributed by atoms with Gasteiger partial charge >= 0.3 is 5.97 Å². The van der Waals surface area contributed by atoms with Gasteiger partial charge in [0.05, 0.1) is 42.2 Å². The molecule has 5 rings (SSSR count). The minimum absolute atomic E-state index is 0.169. The third-order valence-electron chi connectivity index (χ3n) is 6.50. The Morgan fingerprint density at radius 1 is 1.05 bits per heavy atom. The summed E-state index contributed by atoms with van der Waals surface area (Å²) in [7, 11) is 0. The Bertz CT molecular complexity index is 1900. The number of benzene rings is 3. The van der Waals surface area contributed by atoms with Gasteiger partial charge in [0.1, 0.15) is 18.1 Å². The second kappa shape index (κ2) is 13.9. The molecular formula is C33H26I2N2O5S. The molecular weight excluding hydrogens is 790 g/mol. The van der Waals surface area contributed by atoms with Crippen LogP contribution in [0.4, 0.5) is 0 Å². The van der Waals surface area contributed by atoms with E-state index in [1.165, 1.54) is 11.3 Å². The zero-order valence-electron chi connectivity index (χ0n) is 23.3. The minimum Gasteiger partial charge on any atom is -0.494 e. The third kappa shape index (κ3) is 6.58. The number of hydrogen-bond donors (Lipinski definition) is 0. The quantitative estimate of drug-likeness (QED) is 0.126. The van der Waals surface area contributed by atoms with E-state index in [-0.39, 0.29) is 18.8 Å². The van der Waals surface area contributed by atoms with E-state index in [0.29, 0.717) is 38.7 Å². The largest absolute Gasteiger partial charge is 0.494 e. The second-order valence-corrected chi connectivity index (χ2v) is 12.6. The average molecular weight is 816 g/mol. The smallest absolute Gasteiger partial charge is 0.338 e. The van der Waals surface area contributed by atoms with E-state index in [0.717, 1.165) is 23.8 Å².